The van der Waals surface area contributed by atoms with Crippen LogP contribution in [0.4, 0.5) is 5.82 Å². The quantitative estimate of drug-likeness (QED) is 0.612. The molecule has 1 atom stereocenters. The zero-order valence-electron chi connectivity index (χ0n) is 10.6. The number of rotatable bonds is 7. The summed E-state index contributed by atoms with van der Waals surface area (Å²) in [6, 6.07) is 3.27. The lowest BCUT2D eigenvalue weighted by molar-refractivity contribution is 0.0950. The lowest BCUT2D eigenvalue weighted by Crippen LogP contribution is -2.33. The number of amides is 1. The predicted octanol–water partition coefficient (Wildman–Crippen LogP) is -0.388. The highest BCUT2D eigenvalue weighted by Gasteiger charge is 2.09. The maximum atomic E-state index is 11.5. The maximum absolute atomic E-state index is 11.5. The molecule has 7 nitrogen and oxygen atoms in total. The largest absolute Gasteiger partial charge is 0.383 e. The lowest BCUT2D eigenvalue weighted by atomic mass is 10.3. The van der Waals surface area contributed by atoms with E-state index in [9.17, 15) is 4.79 Å². The number of carbonyl (C=O) groups excluding carboxylic acids is 1. The summed E-state index contributed by atoms with van der Waals surface area (Å²) < 4.78 is 5.01. The number of methoxy groups -OCH3 is 1. The van der Waals surface area contributed by atoms with E-state index >= 15 is 0 Å². The van der Waals surface area contributed by atoms with Crippen LogP contribution in [0.3, 0.4) is 0 Å². The molecule has 0 saturated carbocycles. The van der Waals surface area contributed by atoms with Gasteiger partial charge in [-0.3, -0.25) is 4.79 Å². The second-order valence-corrected chi connectivity index (χ2v) is 3.70. The number of nitrogens with zero attached hydrogens (tertiary/aromatic N) is 2. The molecular weight excluding hydrogens is 234 g/mol. The predicted molar refractivity (Wildman–Crippen MR) is 68.4 cm³/mol. The fraction of sp³-hybridized carbons (Fsp3) is 0.545. The molecule has 0 saturated heterocycles. The molecule has 7 heteroatoms. The summed E-state index contributed by atoms with van der Waals surface area (Å²) in [5.41, 5.74) is 5.86. The number of hydrogen-bond acceptors (Lipinski definition) is 6. The van der Waals surface area contributed by atoms with E-state index in [0.717, 1.165) is 0 Å². The van der Waals surface area contributed by atoms with Gasteiger partial charge in [0, 0.05) is 20.2 Å². The molecule has 1 rings (SSSR count). The second kappa shape index (κ2) is 7.57. The first-order chi connectivity index (χ1) is 8.71. The van der Waals surface area contributed by atoms with Crippen LogP contribution in [0.5, 0.6) is 0 Å². The van der Waals surface area contributed by atoms with E-state index in [1.54, 1.807) is 19.2 Å². The molecule has 0 aromatic carbocycles. The molecule has 0 spiro atoms. The third kappa shape index (κ3) is 4.27. The Morgan fingerprint density at radius 2 is 2.28 bits per heavy atom. The van der Waals surface area contributed by atoms with Gasteiger partial charge >= 0.3 is 0 Å². The van der Waals surface area contributed by atoms with Crippen LogP contribution in [0.15, 0.2) is 12.1 Å². The number of carbonyl (C=O) groups is 1. The standard InChI is InChI=1S/C11H19N5O2/c1-3-13-11(17)9-4-5-10(16-15-9)14-8(6-12)7-18-2/h4-5,8H,3,6-7,12H2,1-2H3,(H,13,17)(H,14,16). The fourth-order valence-electron chi connectivity index (χ4n) is 1.36. The van der Waals surface area contributed by atoms with Crippen molar-refractivity contribution in [3.8, 4) is 0 Å². The van der Waals surface area contributed by atoms with E-state index in [4.69, 9.17) is 10.5 Å². The van der Waals surface area contributed by atoms with Gasteiger partial charge in [0.25, 0.3) is 5.91 Å². The average Bonchev–Trinajstić information content (AvgIpc) is 2.39. The van der Waals surface area contributed by atoms with Crippen molar-refractivity contribution in [2.75, 3.05) is 32.1 Å². The van der Waals surface area contributed by atoms with Gasteiger partial charge in [-0.2, -0.15) is 0 Å². The monoisotopic (exact) mass is 253 g/mol. The van der Waals surface area contributed by atoms with Gasteiger partial charge in [0.1, 0.15) is 5.82 Å². The van der Waals surface area contributed by atoms with Gasteiger partial charge < -0.3 is 21.1 Å². The van der Waals surface area contributed by atoms with E-state index in [2.05, 4.69) is 20.8 Å². The van der Waals surface area contributed by atoms with E-state index in [0.29, 0.717) is 31.2 Å². The van der Waals surface area contributed by atoms with E-state index < -0.39 is 0 Å². The van der Waals surface area contributed by atoms with Crippen molar-refractivity contribution in [3.05, 3.63) is 17.8 Å². The molecule has 1 aromatic rings. The highest BCUT2D eigenvalue weighted by molar-refractivity contribution is 5.92. The minimum absolute atomic E-state index is 0.0281. The van der Waals surface area contributed by atoms with Gasteiger partial charge in [-0.1, -0.05) is 0 Å². The third-order valence-electron chi connectivity index (χ3n) is 2.24. The SMILES string of the molecule is CCNC(=O)c1ccc(NC(CN)COC)nn1. The van der Waals surface area contributed by atoms with Gasteiger partial charge in [0.05, 0.1) is 12.6 Å². The second-order valence-electron chi connectivity index (χ2n) is 3.70. The summed E-state index contributed by atoms with van der Waals surface area (Å²) in [6.45, 7) is 3.31. The molecule has 1 heterocycles. The minimum Gasteiger partial charge on any atom is -0.383 e. The normalized spacial score (nSPS) is 11.9. The van der Waals surface area contributed by atoms with Crippen LogP contribution >= 0.6 is 0 Å². The topological polar surface area (TPSA) is 102 Å². The molecule has 0 aliphatic carbocycles. The number of aromatic nitrogens is 2. The van der Waals surface area contributed by atoms with Crippen molar-refractivity contribution in [2.24, 2.45) is 5.73 Å². The van der Waals surface area contributed by atoms with E-state index in [1.807, 2.05) is 6.92 Å². The first-order valence-corrected chi connectivity index (χ1v) is 5.78. The fourth-order valence-corrected chi connectivity index (χ4v) is 1.36. The Morgan fingerprint density at radius 1 is 1.50 bits per heavy atom. The number of anilines is 1. The molecule has 0 aliphatic heterocycles. The molecule has 1 aromatic heterocycles. The Balaban J connectivity index is 2.62. The van der Waals surface area contributed by atoms with E-state index in [1.165, 1.54) is 0 Å². The first-order valence-electron chi connectivity index (χ1n) is 5.78. The summed E-state index contributed by atoms with van der Waals surface area (Å²) in [7, 11) is 1.61. The Kier molecular flexibility index (Phi) is 6.03. The lowest BCUT2D eigenvalue weighted by Gasteiger charge is -2.15. The summed E-state index contributed by atoms with van der Waals surface area (Å²) in [6.07, 6.45) is 0. The van der Waals surface area contributed by atoms with Crippen LogP contribution in [-0.4, -0.2) is 49.0 Å². The van der Waals surface area contributed by atoms with Crippen molar-refractivity contribution in [1.29, 1.82) is 0 Å². The number of ether oxygens (including phenoxy) is 1. The van der Waals surface area contributed by atoms with Gasteiger partial charge in [0.15, 0.2) is 5.69 Å². The van der Waals surface area contributed by atoms with Gasteiger partial charge in [-0.25, -0.2) is 0 Å². The third-order valence-corrected chi connectivity index (χ3v) is 2.24. The molecule has 0 aliphatic rings. The Morgan fingerprint density at radius 3 is 2.78 bits per heavy atom. The smallest absolute Gasteiger partial charge is 0.271 e. The summed E-state index contributed by atoms with van der Waals surface area (Å²) in [5.74, 6) is 0.333. The van der Waals surface area contributed by atoms with Crippen LogP contribution in [0.25, 0.3) is 0 Å². The molecule has 1 amide bonds. The highest BCUT2D eigenvalue weighted by atomic mass is 16.5. The van der Waals surface area contributed by atoms with Crippen molar-refractivity contribution in [1.82, 2.24) is 15.5 Å². The van der Waals surface area contributed by atoms with Gasteiger partial charge in [0.2, 0.25) is 0 Å². The summed E-state index contributed by atoms with van der Waals surface area (Å²) in [5, 5.41) is 13.5. The zero-order valence-corrected chi connectivity index (χ0v) is 10.6. The van der Waals surface area contributed by atoms with Crippen molar-refractivity contribution < 1.29 is 9.53 Å². The van der Waals surface area contributed by atoms with Crippen LogP contribution in [0, 0.1) is 0 Å². The number of nitrogens with two attached hydrogens (primary N) is 1. The molecule has 4 N–H and O–H groups in total. The van der Waals surface area contributed by atoms with Crippen LogP contribution < -0.4 is 16.4 Å². The van der Waals surface area contributed by atoms with Gasteiger partial charge in [-0.05, 0) is 19.1 Å². The molecule has 18 heavy (non-hydrogen) atoms. The van der Waals surface area contributed by atoms with Crippen molar-refractivity contribution >= 4 is 11.7 Å². The zero-order chi connectivity index (χ0) is 13.4. The molecule has 0 bridgehead atoms. The van der Waals surface area contributed by atoms with Crippen molar-refractivity contribution in [2.45, 2.75) is 13.0 Å². The number of nitrogens with one attached hydrogen (secondary N) is 2. The van der Waals surface area contributed by atoms with Crippen LogP contribution in [-0.2, 0) is 4.74 Å². The van der Waals surface area contributed by atoms with Gasteiger partial charge in [-0.15, -0.1) is 10.2 Å². The maximum Gasteiger partial charge on any atom is 0.271 e. The minimum atomic E-state index is -0.233. The highest BCUT2D eigenvalue weighted by Crippen LogP contribution is 2.04. The van der Waals surface area contributed by atoms with Crippen LogP contribution in [0.2, 0.25) is 0 Å². The van der Waals surface area contributed by atoms with Crippen molar-refractivity contribution in [3.63, 3.8) is 0 Å². The molecule has 100 valence electrons. The Hall–Kier alpha value is -1.73. The molecular formula is C11H19N5O2. The summed E-state index contributed by atoms with van der Waals surface area (Å²) >= 11 is 0. The first kappa shape index (κ1) is 14.3. The number of hydrogen-bond donors (Lipinski definition) is 3. The molecule has 0 fully saturated rings. The Labute approximate surface area is 106 Å². The van der Waals surface area contributed by atoms with E-state index in [-0.39, 0.29) is 11.9 Å². The average molecular weight is 253 g/mol. The molecule has 0 radical (unpaired) electrons. The molecule has 1 unspecified atom stereocenters. The summed E-state index contributed by atoms with van der Waals surface area (Å²) in [4.78, 5) is 11.5. The Bertz CT molecular complexity index is 368. The van der Waals surface area contributed by atoms with Crippen LogP contribution in [0.1, 0.15) is 17.4 Å².